The summed E-state index contributed by atoms with van der Waals surface area (Å²) in [7, 11) is 0. The number of allylic oxidation sites excluding steroid dienone is 8. The number of hydrogen-bond donors (Lipinski definition) is 0. The van der Waals surface area contributed by atoms with Gasteiger partial charge >= 0.3 is 0 Å². The minimum absolute atomic E-state index is 1.05. The van der Waals surface area contributed by atoms with Gasteiger partial charge in [0.1, 0.15) is 0 Å². The molecule has 0 aliphatic heterocycles. The number of benzene rings is 1. The molecular weight excluding hydrogens is 314 g/mol. The molecule has 2 aromatic rings. The monoisotopic (exact) mass is 343 g/mol. The first-order valence-electron chi connectivity index (χ1n) is 9.43. The maximum Gasteiger partial charge on any atom is 0.0711 e. The van der Waals surface area contributed by atoms with E-state index in [1.807, 2.05) is 25.1 Å². The van der Waals surface area contributed by atoms with Gasteiger partial charge in [0.2, 0.25) is 0 Å². The molecule has 0 spiro atoms. The standard InChI is InChI=1S/C18H17N.C7H12/c1-14-12-17(15-8-4-2-5-9-15)13-18(19-14)16-10-6-3-7-11-16;1-3-5-7-6-4-2/h3-4,6-13H,2,5H2,1H3;3,5-7H,4H2,1-2H3/b;5-3-,7-6-. The molecule has 1 aromatic carbocycles. The number of aromatic nitrogens is 1. The lowest BCUT2D eigenvalue weighted by Gasteiger charge is -2.10. The zero-order valence-corrected chi connectivity index (χ0v) is 16.2. The van der Waals surface area contributed by atoms with E-state index in [9.17, 15) is 0 Å². The third-order valence-corrected chi connectivity index (χ3v) is 4.03. The second kappa shape index (κ2) is 11.0. The van der Waals surface area contributed by atoms with E-state index in [2.05, 4.69) is 85.6 Å². The average molecular weight is 344 g/mol. The van der Waals surface area contributed by atoms with Crippen LogP contribution in [0.1, 0.15) is 44.4 Å². The predicted molar refractivity (Wildman–Crippen MR) is 115 cm³/mol. The highest BCUT2D eigenvalue weighted by atomic mass is 14.7. The molecule has 0 atom stereocenters. The van der Waals surface area contributed by atoms with Crippen molar-refractivity contribution in [3.63, 3.8) is 0 Å². The molecule has 1 aliphatic rings. The molecule has 0 fully saturated rings. The van der Waals surface area contributed by atoms with Crippen molar-refractivity contribution in [3.05, 3.63) is 96.3 Å². The Morgan fingerprint density at radius 1 is 1.00 bits per heavy atom. The van der Waals surface area contributed by atoms with Gasteiger partial charge in [-0.3, -0.25) is 4.98 Å². The summed E-state index contributed by atoms with van der Waals surface area (Å²) in [5.74, 6) is 0. The van der Waals surface area contributed by atoms with E-state index in [0.29, 0.717) is 0 Å². The van der Waals surface area contributed by atoms with Crippen molar-refractivity contribution in [1.29, 1.82) is 0 Å². The number of aryl methyl sites for hydroxylation is 1. The van der Waals surface area contributed by atoms with Crippen molar-refractivity contribution in [2.75, 3.05) is 0 Å². The van der Waals surface area contributed by atoms with Crippen molar-refractivity contribution in [2.24, 2.45) is 0 Å². The summed E-state index contributed by atoms with van der Waals surface area (Å²) in [5, 5.41) is 0. The molecule has 0 radical (unpaired) electrons. The third kappa shape index (κ3) is 6.33. The molecule has 3 rings (SSSR count). The molecule has 1 heterocycles. The minimum Gasteiger partial charge on any atom is -0.253 e. The molecule has 1 aliphatic carbocycles. The molecular formula is C25H29N. The van der Waals surface area contributed by atoms with E-state index >= 15 is 0 Å². The van der Waals surface area contributed by atoms with Crippen LogP contribution in [-0.2, 0) is 0 Å². The summed E-state index contributed by atoms with van der Waals surface area (Å²) in [5.41, 5.74) is 5.87. The lowest BCUT2D eigenvalue weighted by atomic mass is 9.98. The molecule has 1 nitrogen and oxygen atoms in total. The van der Waals surface area contributed by atoms with Gasteiger partial charge < -0.3 is 0 Å². The van der Waals surface area contributed by atoms with Crippen LogP contribution >= 0.6 is 0 Å². The molecule has 1 heteroatoms. The Morgan fingerprint density at radius 2 is 1.81 bits per heavy atom. The maximum atomic E-state index is 4.65. The SMILES string of the molecule is C/C=C\C=C/CC.Cc1cc(C2=CCCC=C2)cc(-c2ccccc2)n1. The van der Waals surface area contributed by atoms with Crippen molar-refractivity contribution in [2.45, 2.75) is 40.0 Å². The number of nitrogens with zero attached hydrogens (tertiary/aromatic N) is 1. The first kappa shape index (κ1) is 19.7. The molecule has 0 bridgehead atoms. The van der Waals surface area contributed by atoms with Gasteiger partial charge in [-0.25, -0.2) is 0 Å². The fourth-order valence-corrected chi connectivity index (χ4v) is 2.75. The highest BCUT2D eigenvalue weighted by Crippen LogP contribution is 2.26. The maximum absolute atomic E-state index is 4.65. The minimum atomic E-state index is 1.05. The molecule has 0 saturated carbocycles. The quantitative estimate of drug-likeness (QED) is 0.530. The Morgan fingerprint density at radius 3 is 2.46 bits per heavy atom. The van der Waals surface area contributed by atoms with Crippen LogP contribution < -0.4 is 0 Å². The zero-order valence-electron chi connectivity index (χ0n) is 16.2. The Bertz CT molecular complexity index is 792. The first-order chi connectivity index (χ1) is 12.7. The summed E-state index contributed by atoms with van der Waals surface area (Å²) >= 11 is 0. The van der Waals surface area contributed by atoms with Crippen molar-refractivity contribution < 1.29 is 0 Å². The third-order valence-electron chi connectivity index (χ3n) is 4.03. The number of hydrogen-bond acceptors (Lipinski definition) is 1. The van der Waals surface area contributed by atoms with E-state index in [0.717, 1.165) is 30.7 Å². The van der Waals surface area contributed by atoms with Gasteiger partial charge in [-0.1, -0.05) is 79.8 Å². The Hall–Kier alpha value is -2.67. The van der Waals surface area contributed by atoms with Gasteiger partial charge in [-0.15, -0.1) is 0 Å². The number of rotatable bonds is 4. The molecule has 0 N–H and O–H groups in total. The van der Waals surface area contributed by atoms with Gasteiger partial charge in [-0.2, -0.15) is 0 Å². The lowest BCUT2D eigenvalue weighted by Crippen LogP contribution is -1.93. The number of pyridine rings is 1. The van der Waals surface area contributed by atoms with Gasteiger partial charge in [0.25, 0.3) is 0 Å². The topological polar surface area (TPSA) is 12.9 Å². The molecule has 134 valence electrons. The second-order valence-electron chi connectivity index (χ2n) is 6.25. The molecule has 0 saturated heterocycles. The first-order valence-corrected chi connectivity index (χ1v) is 9.43. The van der Waals surface area contributed by atoms with Gasteiger partial charge in [0, 0.05) is 11.3 Å². The predicted octanol–water partition coefficient (Wildman–Crippen LogP) is 7.32. The zero-order chi connectivity index (χ0) is 18.6. The van der Waals surface area contributed by atoms with Crippen molar-refractivity contribution in [1.82, 2.24) is 4.98 Å². The normalized spacial score (nSPS) is 13.6. The molecule has 0 amide bonds. The van der Waals surface area contributed by atoms with E-state index in [1.165, 1.54) is 16.7 Å². The van der Waals surface area contributed by atoms with E-state index < -0.39 is 0 Å². The van der Waals surface area contributed by atoms with E-state index in [-0.39, 0.29) is 0 Å². The lowest BCUT2D eigenvalue weighted by molar-refractivity contribution is 1.04. The van der Waals surface area contributed by atoms with Crippen LogP contribution in [0.4, 0.5) is 0 Å². The fraction of sp³-hybridized carbons (Fsp3) is 0.240. The summed E-state index contributed by atoms with van der Waals surface area (Å²) in [6, 6.07) is 14.7. The van der Waals surface area contributed by atoms with Crippen LogP contribution in [-0.4, -0.2) is 4.98 Å². The van der Waals surface area contributed by atoms with E-state index in [1.54, 1.807) is 0 Å². The summed E-state index contributed by atoms with van der Waals surface area (Å²) in [4.78, 5) is 4.65. The summed E-state index contributed by atoms with van der Waals surface area (Å²) < 4.78 is 0. The highest BCUT2D eigenvalue weighted by Gasteiger charge is 2.06. The highest BCUT2D eigenvalue weighted by molar-refractivity contribution is 5.77. The largest absolute Gasteiger partial charge is 0.253 e. The average Bonchev–Trinajstić information content (AvgIpc) is 2.70. The molecule has 1 aromatic heterocycles. The summed E-state index contributed by atoms with van der Waals surface area (Å²) in [6.07, 6.45) is 18.4. The van der Waals surface area contributed by atoms with Crippen LogP contribution in [0.3, 0.4) is 0 Å². The molecule has 26 heavy (non-hydrogen) atoms. The smallest absolute Gasteiger partial charge is 0.0711 e. The van der Waals surface area contributed by atoms with Crippen LogP contribution in [0.5, 0.6) is 0 Å². The van der Waals surface area contributed by atoms with Gasteiger partial charge in [0.05, 0.1) is 5.69 Å². The van der Waals surface area contributed by atoms with Gasteiger partial charge in [0.15, 0.2) is 0 Å². The Labute approximate surface area is 158 Å². The van der Waals surface area contributed by atoms with Gasteiger partial charge in [-0.05, 0) is 56.4 Å². The Kier molecular flexibility index (Phi) is 8.35. The van der Waals surface area contributed by atoms with Crippen LogP contribution in [0.25, 0.3) is 16.8 Å². The molecule has 0 unspecified atom stereocenters. The second-order valence-corrected chi connectivity index (χ2v) is 6.25. The fourth-order valence-electron chi connectivity index (χ4n) is 2.75. The van der Waals surface area contributed by atoms with Crippen LogP contribution in [0.15, 0.2) is 85.0 Å². The van der Waals surface area contributed by atoms with Crippen LogP contribution in [0, 0.1) is 6.92 Å². The van der Waals surface area contributed by atoms with Crippen LogP contribution in [0.2, 0.25) is 0 Å². The van der Waals surface area contributed by atoms with E-state index in [4.69, 9.17) is 0 Å². The van der Waals surface area contributed by atoms with Crippen molar-refractivity contribution >= 4 is 5.57 Å². The van der Waals surface area contributed by atoms with Crippen molar-refractivity contribution in [3.8, 4) is 11.3 Å². The Balaban J connectivity index is 0.000000298. The summed E-state index contributed by atoms with van der Waals surface area (Å²) in [6.45, 7) is 6.20.